The summed E-state index contributed by atoms with van der Waals surface area (Å²) in [7, 11) is 1.67. The number of amides is 2. The van der Waals surface area contributed by atoms with E-state index in [9.17, 15) is 4.79 Å². The van der Waals surface area contributed by atoms with E-state index in [0.717, 1.165) is 26.9 Å². The van der Waals surface area contributed by atoms with Gasteiger partial charge < -0.3 is 15.4 Å². The number of urea groups is 1. The van der Waals surface area contributed by atoms with Crippen molar-refractivity contribution < 1.29 is 9.53 Å². The molecule has 0 radical (unpaired) electrons. The number of halogens is 1. The largest absolute Gasteiger partial charge is 0.496 e. The van der Waals surface area contributed by atoms with E-state index < -0.39 is 0 Å². The molecular formula is C13H17BrN2O2. The topological polar surface area (TPSA) is 50.4 Å². The van der Waals surface area contributed by atoms with Crippen LogP contribution in [0.25, 0.3) is 0 Å². The highest BCUT2D eigenvalue weighted by atomic mass is 79.9. The van der Waals surface area contributed by atoms with Crippen LogP contribution in [0.4, 0.5) is 4.79 Å². The first kappa shape index (κ1) is 13.2. The Morgan fingerprint density at radius 2 is 1.89 bits per heavy atom. The minimum absolute atomic E-state index is 0.0388. The average molecular weight is 313 g/mol. The SMILES string of the molecule is COc1c(C)c(C)c(Br)c(C)c1C1CNC(=O)N1. The molecule has 2 amide bonds. The van der Waals surface area contributed by atoms with E-state index in [2.05, 4.69) is 33.5 Å². The molecule has 0 spiro atoms. The van der Waals surface area contributed by atoms with E-state index in [1.54, 1.807) is 7.11 Å². The zero-order valence-electron chi connectivity index (χ0n) is 11.0. The van der Waals surface area contributed by atoms with Gasteiger partial charge in [0.15, 0.2) is 0 Å². The summed E-state index contributed by atoms with van der Waals surface area (Å²) in [5, 5.41) is 5.69. The molecule has 98 valence electrons. The Labute approximate surface area is 115 Å². The number of hydrogen-bond donors (Lipinski definition) is 2. The Morgan fingerprint density at radius 3 is 2.39 bits per heavy atom. The van der Waals surface area contributed by atoms with Crippen molar-refractivity contribution in [3.05, 3.63) is 26.7 Å². The third-order valence-corrected chi connectivity index (χ3v) is 4.72. The van der Waals surface area contributed by atoms with E-state index in [1.807, 2.05) is 13.8 Å². The quantitative estimate of drug-likeness (QED) is 0.882. The fourth-order valence-corrected chi connectivity index (χ4v) is 2.93. The molecule has 5 heteroatoms. The van der Waals surface area contributed by atoms with Gasteiger partial charge in [-0.25, -0.2) is 4.79 Å². The van der Waals surface area contributed by atoms with Crippen LogP contribution in [0.15, 0.2) is 4.47 Å². The highest BCUT2D eigenvalue weighted by molar-refractivity contribution is 9.10. The fraction of sp³-hybridized carbons (Fsp3) is 0.462. The van der Waals surface area contributed by atoms with E-state index in [1.165, 1.54) is 5.56 Å². The molecule has 1 aromatic carbocycles. The highest BCUT2D eigenvalue weighted by Gasteiger charge is 2.28. The molecule has 18 heavy (non-hydrogen) atoms. The summed E-state index contributed by atoms with van der Waals surface area (Å²) in [5.41, 5.74) is 4.44. The molecule has 1 heterocycles. The average Bonchev–Trinajstić information content (AvgIpc) is 2.77. The smallest absolute Gasteiger partial charge is 0.315 e. The van der Waals surface area contributed by atoms with Gasteiger partial charge in [0, 0.05) is 16.6 Å². The van der Waals surface area contributed by atoms with Crippen LogP contribution in [0.3, 0.4) is 0 Å². The number of hydrogen-bond acceptors (Lipinski definition) is 2. The lowest BCUT2D eigenvalue weighted by molar-refractivity contribution is 0.247. The van der Waals surface area contributed by atoms with Crippen LogP contribution in [-0.2, 0) is 0 Å². The van der Waals surface area contributed by atoms with Crippen LogP contribution in [0, 0.1) is 20.8 Å². The summed E-state index contributed by atoms with van der Waals surface area (Å²) in [6.07, 6.45) is 0. The van der Waals surface area contributed by atoms with Gasteiger partial charge in [0.25, 0.3) is 0 Å². The van der Waals surface area contributed by atoms with Gasteiger partial charge in [-0.3, -0.25) is 0 Å². The van der Waals surface area contributed by atoms with Crippen molar-refractivity contribution >= 4 is 22.0 Å². The summed E-state index contributed by atoms with van der Waals surface area (Å²) >= 11 is 3.62. The van der Waals surface area contributed by atoms with Crippen LogP contribution in [0.5, 0.6) is 5.75 Å². The molecular weight excluding hydrogens is 296 g/mol. The van der Waals surface area contributed by atoms with Crippen LogP contribution in [0.1, 0.15) is 28.3 Å². The van der Waals surface area contributed by atoms with Gasteiger partial charge in [-0.1, -0.05) is 15.9 Å². The fourth-order valence-electron chi connectivity index (χ4n) is 2.42. The molecule has 0 saturated carbocycles. The maximum Gasteiger partial charge on any atom is 0.315 e. The second kappa shape index (κ2) is 4.80. The van der Waals surface area contributed by atoms with Gasteiger partial charge in [0.2, 0.25) is 0 Å². The number of methoxy groups -OCH3 is 1. The number of carbonyl (C=O) groups is 1. The van der Waals surface area contributed by atoms with Crippen molar-refractivity contribution in [2.75, 3.05) is 13.7 Å². The molecule has 1 aromatic rings. The van der Waals surface area contributed by atoms with Crippen LogP contribution >= 0.6 is 15.9 Å². The maximum absolute atomic E-state index is 11.3. The predicted octanol–water partition coefficient (Wildman–Crippen LogP) is 2.74. The van der Waals surface area contributed by atoms with E-state index >= 15 is 0 Å². The highest BCUT2D eigenvalue weighted by Crippen LogP contribution is 2.39. The minimum atomic E-state index is -0.129. The molecule has 2 N–H and O–H groups in total. The van der Waals surface area contributed by atoms with Gasteiger partial charge in [-0.2, -0.15) is 0 Å². The Bertz CT molecular complexity index is 514. The lowest BCUT2D eigenvalue weighted by atomic mass is 9.94. The molecule has 0 bridgehead atoms. The zero-order valence-corrected chi connectivity index (χ0v) is 12.6. The van der Waals surface area contributed by atoms with Crippen molar-refractivity contribution in [2.45, 2.75) is 26.8 Å². The van der Waals surface area contributed by atoms with Crippen LogP contribution < -0.4 is 15.4 Å². The molecule has 0 aromatic heterocycles. The predicted molar refractivity (Wildman–Crippen MR) is 74.2 cm³/mol. The molecule has 0 aliphatic carbocycles. The first-order valence-corrected chi connectivity index (χ1v) is 6.64. The monoisotopic (exact) mass is 312 g/mol. The number of ether oxygens (including phenoxy) is 1. The van der Waals surface area contributed by atoms with Gasteiger partial charge in [-0.05, 0) is 37.5 Å². The van der Waals surface area contributed by atoms with Gasteiger partial charge in [0.05, 0.1) is 13.2 Å². The van der Waals surface area contributed by atoms with E-state index in [4.69, 9.17) is 4.74 Å². The molecule has 1 saturated heterocycles. The third kappa shape index (κ3) is 1.96. The molecule has 1 atom stereocenters. The van der Waals surface area contributed by atoms with Crippen LogP contribution in [-0.4, -0.2) is 19.7 Å². The zero-order chi connectivity index (χ0) is 13.4. The van der Waals surface area contributed by atoms with Crippen molar-refractivity contribution in [3.8, 4) is 5.75 Å². The standard InChI is InChI=1S/C13H17BrN2O2/c1-6-7(2)12(18-4)10(8(3)11(6)14)9-5-15-13(17)16-9/h9H,5H2,1-4H3,(H2,15,16,17). The first-order valence-electron chi connectivity index (χ1n) is 5.84. The normalized spacial score (nSPS) is 18.5. The Hall–Kier alpha value is -1.23. The summed E-state index contributed by atoms with van der Waals surface area (Å²) < 4.78 is 6.62. The van der Waals surface area contributed by atoms with E-state index in [0.29, 0.717) is 6.54 Å². The first-order chi connectivity index (χ1) is 8.47. The van der Waals surface area contributed by atoms with Crippen molar-refractivity contribution in [3.63, 3.8) is 0 Å². The second-order valence-electron chi connectivity index (χ2n) is 4.54. The Morgan fingerprint density at radius 1 is 1.22 bits per heavy atom. The Balaban J connectivity index is 2.61. The molecule has 4 nitrogen and oxygen atoms in total. The molecule has 1 fully saturated rings. The lowest BCUT2D eigenvalue weighted by Crippen LogP contribution is -2.22. The van der Waals surface area contributed by atoms with Gasteiger partial charge in [0.1, 0.15) is 5.75 Å². The second-order valence-corrected chi connectivity index (χ2v) is 5.34. The maximum atomic E-state index is 11.3. The van der Waals surface area contributed by atoms with Crippen LogP contribution in [0.2, 0.25) is 0 Å². The van der Waals surface area contributed by atoms with E-state index in [-0.39, 0.29) is 12.1 Å². The molecule has 1 unspecified atom stereocenters. The number of nitrogens with one attached hydrogen (secondary N) is 2. The molecule has 2 rings (SSSR count). The number of carbonyl (C=O) groups excluding carboxylic acids is 1. The Kier molecular flexibility index (Phi) is 3.52. The van der Waals surface area contributed by atoms with Crippen molar-refractivity contribution in [1.29, 1.82) is 0 Å². The number of rotatable bonds is 2. The summed E-state index contributed by atoms with van der Waals surface area (Å²) in [4.78, 5) is 11.3. The minimum Gasteiger partial charge on any atom is -0.496 e. The lowest BCUT2D eigenvalue weighted by Gasteiger charge is -2.22. The molecule has 1 aliphatic heterocycles. The third-order valence-electron chi connectivity index (χ3n) is 3.53. The summed E-state index contributed by atoms with van der Waals surface area (Å²) in [6.45, 7) is 6.72. The number of benzene rings is 1. The van der Waals surface area contributed by atoms with Crippen molar-refractivity contribution in [2.24, 2.45) is 0 Å². The summed E-state index contributed by atoms with van der Waals surface area (Å²) in [5.74, 6) is 0.863. The van der Waals surface area contributed by atoms with Crippen molar-refractivity contribution in [1.82, 2.24) is 10.6 Å². The molecule has 1 aliphatic rings. The summed E-state index contributed by atoms with van der Waals surface area (Å²) in [6, 6.07) is -0.168. The van der Waals surface area contributed by atoms with Gasteiger partial charge in [-0.15, -0.1) is 0 Å². The van der Waals surface area contributed by atoms with Gasteiger partial charge >= 0.3 is 6.03 Å².